The Morgan fingerprint density at radius 2 is 2.27 bits per heavy atom. The van der Waals surface area contributed by atoms with Gasteiger partial charge in [0.05, 0.1) is 11.4 Å². The molecule has 1 saturated heterocycles. The van der Waals surface area contributed by atoms with Gasteiger partial charge < -0.3 is 10.1 Å². The number of rotatable bonds is 4. The van der Waals surface area contributed by atoms with E-state index in [1.54, 1.807) is 18.7 Å². The fourth-order valence-corrected chi connectivity index (χ4v) is 2.74. The standard InChI is InChI=1S/C10H17NO3S/c1-3-14-8(12)7-11-9(13)10(2)5-4-6-15-10/h3-7H2,1-2H3,(H,11,13). The molecule has 1 amide bonds. The molecule has 0 aromatic heterocycles. The van der Waals surface area contributed by atoms with Crippen molar-refractivity contribution in [1.82, 2.24) is 5.32 Å². The zero-order chi connectivity index (χ0) is 11.3. The topological polar surface area (TPSA) is 55.4 Å². The summed E-state index contributed by atoms with van der Waals surface area (Å²) in [5.41, 5.74) is 0. The lowest BCUT2D eigenvalue weighted by Gasteiger charge is -2.20. The Bertz CT molecular complexity index is 249. The van der Waals surface area contributed by atoms with Crippen LogP contribution in [0.15, 0.2) is 0 Å². The summed E-state index contributed by atoms with van der Waals surface area (Å²) in [6.07, 6.45) is 1.94. The van der Waals surface area contributed by atoms with E-state index in [1.165, 1.54) is 0 Å². The number of thioether (sulfide) groups is 1. The Balaban J connectivity index is 2.32. The van der Waals surface area contributed by atoms with Gasteiger partial charge >= 0.3 is 5.97 Å². The maximum absolute atomic E-state index is 11.7. The fourth-order valence-electron chi connectivity index (χ4n) is 1.51. The third-order valence-corrected chi connectivity index (χ3v) is 3.92. The third-order valence-electron chi connectivity index (χ3n) is 2.40. The van der Waals surface area contributed by atoms with Gasteiger partial charge in [-0.1, -0.05) is 0 Å². The number of ether oxygens (including phenoxy) is 1. The average molecular weight is 231 g/mol. The van der Waals surface area contributed by atoms with Gasteiger partial charge in [-0.05, 0) is 32.4 Å². The SMILES string of the molecule is CCOC(=O)CNC(=O)C1(C)CCCS1. The minimum absolute atomic E-state index is 0.0250. The van der Waals surface area contributed by atoms with Gasteiger partial charge in [0, 0.05) is 0 Å². The van der Waals surface area contributed by atoms with Crippen LogP contribution < -0.4 is 5.32 Å². The lowest BCUT2D eigenvalue weighted by atomic mass is 10.1. The maximum Gasteiger partial charge on any atom is 0.325 e. The van der Waals surface area contributed by atoms with E-state index < -0.39 is 0 Å². The summed E-state index contributed by atoms with van der Waals surface area (Å²) < 4.78 is 4.37. The number of carbonyl (C=O) groups excluding carboxylic acids is 2. The summed E-state index contributed by atoms with van der Waals surface area (Å²) in [5, 5.41) is 2.62. The molecule has 0 bridgehead atoms. The molecule has 5 heteroatoms. The second kappa shape index (κ2) is 5.39. The monoisotopic (exact) mass is 231 g/mol. The van der Waals surface area contributed by atoms with Gasteiger partial charge in [0.2, 0.25) is 5.91 Å². The van der Waals surface area contributed by atoms with Crippen LogP contribution in [0.3, 0.4) is 0 Å². The molecular formula is C10H17NO3S. The Labute approximate surface area is 94.1 Å². The van der Waals surface area contributed by atoms with Crippen LogP contribution in [0.25, 0.3) is 0 Å². The van der Waals surface area contributed by atoms with Crippen LogP contribution in [0.2, 0.25) is 0 Å². The van der Waals surface area contributed by atoms with Crippen molar-refractivity contribution >= 4 is 23.6 Å². The van der Waals surface area contributed by atoms with Crippen molar-refractivity contribution in [1.29, 1.82) is 0 Å². The van der Waals surface area contributed by atoms with Crippen LogP contribution in [-0.4, -0.2) is 35.5 Å². The highest BCUT2D eigenvalue weighted by atomic mass is 32.2. The quantitative estimate of drug-likeness (QED) is 0.732. The van der Waals surface area contributed by atoms with Crippen molar-refractivity contribution in [2.45, 2.75) is 31.4 Å². The number of esters is 1. The molecule has 1 unspecified atom stereocenters. The molecule has 15 heavy (non-hydrogen) atoms. The molecular weight excluding hydrogens is 214 g/mol. The fraction of sp³-hybridized carbons (Fsp3) is 0.800. The zero-order valence-electron chi connectivity index (χ0n) is 9.17. The molecule has 0 spiro atoms. The van der Waals surface area contributed by atoms with Gasteiger partial charge in [-0.2, -0.15) is 0 Å². The molecule has 0 radical (unpaired) electrons. The van der Waals surface area contributed by atoms with Crippen LogP contribution in [-0.2, 0) is 14.3 Å². The second-order valence-corrected chi connectivity index (χ2v) is 5.27. The highest BCUT2D eigenvalue weighted by Crippen LogP contribution is 2.37. The molecule has 1 rings (SSSR count). The molecule has 0 aromatic rings. The van der Waals surface area contributed by atoms with E-state index in [9.17, 15) is 9.59 Å². The van der Waals surface area contributed by atoms with Gasteiger partial charge in [0.15, 0.2) is 0 Å². The number of amides is 1. The van der Waals surface area contributed by atoms with E-state index in [1.807, 2.05) is 6.92 Å². The van der Waals surface area contributed by atoms with Crippen molar-refractivity contribution in [3.63, 3.8) is 0 Å². The van der Waals surface area contributed by atoms with Crippen LogP contribution in [0.4, 0.5) is 0 Å². The van der Waals surface area contributed by atoms with Crippen LogP contribution in [0, 0.1) is 0 Å². The molecule has 86 valence electrons. The molecule has 1 fully saturated rings. The Morgan fingerprint density at radius 3 is 2.80 bits per heavy atom. The van der Waals surface area contributed by atoms with Crippen molar-refractivity contribution in [3.8, 4) is 0 Å². The average Bonchev–Trinajstić information content (AvgIpc) is 2.63. The van der Waals surface area contributed by atoms with Gasteiger partial charge in [-0.25, -0.2) is 0 Å². The van der Waals surface area contributed by atoms with E-state index in [0.29, 0.717) is 6.61 Å². The molecule has 0 aromatic carbocycles. The lowest BCUT2D eigenvalue weighted by Crippen LogP contribution is -2.42. The van der Waals surface area contributed by atoms with E-state index in [2.05, 4.69) is 5.32 Å². The van der Waals surface area contributed by atoms with E-state index in [0.717, 1.165) is 18.6 Å². The molecule has 0 aliphatic carbocycles. The molecule has 1 heterocycles. The molecule has 1 aliphatic rings. The number of nitrogens with one attached hydrogen (secondary N) is 1. The largest absolute Gasteiger partial charge is 0.465 e. The highest BCUT2D eigenvalue weighted by molar-refractivity contribution is 8.01. The summed E-state index contributed by atoms with van der Waals surface area (Å²) in [7, 11) is 0. The maximum atomic E-state index is 11.7. The predicted octanol–water partition coefficient (Wildman–Crippen LogP) is 0.951. The van der Waals surface area contributed by atoms with Gasteiger partial charge in [-0.15, -0.1) is 11.8 Å². The van der Waals surface area contributed by atoms with E-state index in [-0.39, 0.29) is 23.2 Å². The smallest absolute Gasteiger partial charge is 0.325 e. The highest BCUT2D eigenvalue weighted by Gasteiger charge is 2.37. The van der Waals surface area contributed by atoms with Gasteiger partial charge in [0.25, 0.3) is 0 Å². The third kappa shape index (κ3) is 3.41. The number of hydrogen-bond donors (Lipinski definition) is 1. The first-order valence-corrected chi connectivity index (χ1v) is 6.15. The first-order valence-electron chi connectivity index (χ1n) is 5.16. The molecule has 1 atom stereocenters. The first kappa shape index (κ1) is 12.4. The molecule has 1 aliphatic heterocycles. The minimum atomic E-state index is -0.377. The van der Waals surface area contributed by atoms with Crippen molar-refractivity contribution in [2.24, 2.45) is 0 Å². The van der Waals surface area contributed by atoms with Crippen LogP contribution >= 0.6 is 11.8 Å². The lowest BCUT2D eigenvalue weighted by molar-refractivity contribution is -0.143. The Morgan fingerprint density at radius 1 is 1.53 bits per heavy atom. The Hall–Kier alpha value is -0.710. The van der Waals surface area contributed by atoms with Gasteiger partial charge in [0.1, 0.15) is 6.54 Å². The Kier molecular flexibility index (Phi) is 4.45. The van der Waals surface area contributed by atoms with Crippen molar-refractivity contribution in [3.05, 3.63) is 0 Å². The molecule has 0 saturated carbocycles. The molecule has 1 N–H and O–H groups in total. The first-order chi connectivity index (χ1) is 7.08. The van der Waals surface area contributed by atoms with Crippen molar-refractivity contribution in [2.75, 3.05) is 18.9 Å². The summed E-state index contributed by atoms with van der Waals surface area (Å²) in [6.45, 7) is 3.99. The second-order valence-electron chi connectivity index (χ2n) is 3.67. The molecule has 4 nitrogen and oxygen atoms in total. The summed E-state index contributed by atoms with van der Waals surface area (Å²) in [5.74, 6) is 0.582. The van der Waals surface area contributed by atoms with E-state index >= 15 is 0 Å². The normalized spacial score (nSPS) is 24.9. The number of carbonyl (C=O) groups is 2. The minimum Gasteiger partial charge on any atom is -0.465 e. The van der Waals surface area contributed by atoms with Crippen molar-refractivity contribution < 1.29 is 14.3 Å². The summed E-state index contributed by atoms with van der Waals surface area (Å²) in [6, 6.07) is 0. The predicted molar refractivity (Wildman–Crippen MR) is 59.7 cm³/mol. The summed E-state index contributed by atoms with van der Waals surface area (Å²) >= 11 is 1.65. The zero-order valence-corrected chi connectivity index (χ0v) is 9.99. The van der Waals surface area contributed by atoms with Gasteiger partial charge in [-0.3, -0.25) is 9.59 Å². The number of hydrogen-bond acceptors (Lipinski definition) is 4. The summed E-state index contributed by atoms with van der Waals surface area (Å²) in [4.78, 5) is 22.8. The van der Waals surface area contributed by atoms with E-state index in [4.69, 9.17) is 4.74 Å². The van der Waals surface area contributed by atoms with Crippen LogP contribution in [0.5, 0.6) is 0 Å². The van der Waals surface area contributed by atoms with Crippen LogP contribution in [0.1, 0.15) is 26.7 Å².